The number of hydrogen-bond donors (Lipinski definition) is 1. The van der Waals surface area contributed by atoms with Crippen molar-refractivity contribution in [1.82, 2.24) is 19.8 Å². The second-order valence-corrected chi connectivity index (χ2v) is 11.0. The van der Waals surface area contributed by atoms with E-state index in [9.17, 15) is 0 Å². The topological polar surface area (TPSA) is 44.4 Å². The molecular formula is C30H40N4O. The van der Waals surface area contributed by atoms with Crippen LogP contribution in [0.2, 0.25) is 0 Å². The molecule has 2 aromatic heterocycles. The Bertz CT molecular complexity index is 1150. The second-order valence-electron chi connectivity index (χ2n) is 11.0. The van der Waals surface area contributed by atoms with Crippen molar-refractivity contribution in [3.05, 3.63) is 47.7 Å². The molecule has 1 aromatic carbocycles. The van der Waals surface area contributed by atoms with Crippen molar-refractivity contribution in [1.29, 1.82) is 0 Å². The summed E-state index contributed by atoms with van der Waals surface area (Å²) in [7, 11) is 1.67. The summed E-state index contributed by atoms with van der Waals surface area (Å²) < 4.78 is 5.37. The fourth-order valence-corrected chi connectivity index (χ4v) is 6.54. The number of pyridine rings is 1. The zero-order valence-electron chi connectivity index (χ0n) is 21.4. The van der Waals surface area contributed by atoms with Gasteiger partial charge in [-0.05, 0) is 112 Å². The van der Waals surface area contributed by atoms with Crippen molar-refractivity contribution in [2.24, 2.45) is 5.92 Å². The highest BCUT2D eigenvalue weighted by molar-refractivity contribution is 5.91. The molecule has 1 N–H and O–H groups in total. The van der Waals surface area contributed by atoms with Crippen LogP contribution in [0.25, 0.3) is 22.2 Å². The van der Waals surface area contributed by atoms with Gasteiger partial charge >= 0.3 is 0 Å². The molecule has 4 heterocycles. The number of rotatable bonds is 7. The molecule has 0 unspecified atom stereocenters. The number of nitrogens with one attached hydrogen (secondary N) is 1. The van der Waals surface area contributed by atoms with Crippen molar-refractivity contribution in [2.75, 3.05) is 39.8 Å². The number of ether oxygens (including phenoxy) is 1. The zero-order valence-corrected chi connectivity index (χ0v) is 21.4. The molecule has 1 aliphatic carbocycles. The summed E-state index contributed by atoms with van der Waals surface area (Å²) in [6.45, 7) is 8.77. The number of methoxy groups -OCH3 is 1. The molecule has 0 atom stereocenters. The molecule has 3 fully saturated rings. The number of benzene rings is 1. The lowest BCUT2D eigenvalue weighted by molar-refractivity contribution is 0.0856. The van der Waals surface area contributed by atoms with Crippen LogP contribution < -0.4 is 4.74 Å². The van der Waals surface area contributed by atoms with Crippen LogP contribution in [0.4, 0.5) is 0 Å². The van der Waals surface area contributed by atoms with E-state index in [4.69, 9.17) is 4.74 Å². The highest BCUT2D eigenvalue weighted by Gasteiger charge is 2.31. The number of aromatic nitrogens is 2. The summed E-state index contributed by atoms with van der Waals surface area (Å²) in [5.41, 5.74) is 6.48. The van der Waals surface area contributed by atoms with Gasteiger partial charge in [-0.15, -0.1) is 0 Å². The van der Waals surface area contributed by atoms with Crippen LogP contribution >= 0.6 is 0 Å². The Morgan fingerprint density at radius 1 is 0.971 bits per heavy atom. The number of aromatic amines is 1. The Morgan fingerprint density at radius 2 is 1.77 bits per heavy atom. The molecule has 35 heavy (non-hydrogen) atoms. The molecule has 186 valence electrons. The number of nitrogens with zero attached hydrogens (tertiary/aromatic N) is 3. The van der Waals surface area contributed by atoms with Crippen molar-refractivity contribution in [2.45, 2.75) is 63.8 Å². The van der Waals surface area contributed by atoms with E-state index in [0.29, 0.717) is 11.8 Å². The normalized spacial score (nSPS) is 21.1. The van der Waals surface area contributed by atoms with Gasteiger partial charge in [0.15, 0.2) is 0 Å². The Hall–Kier alpha value is -2.37. The zero-order chi connectivity index (χ0) is 23.8. The third-order valence-corrected chi connectivity index (χ3v) is 8.80. The fraction of sp³-hybridized carbons (Fsp3) is 0.567. The van der Waals surface area contributed by atoms with Gasteiger partial charge in [-0.1, -0.05) is 13.0 Å². The number of fused-ring (bicyclic) bond motifs is 1. The molecule has 6 rings (SSSR count). The molecule has 5 heteroatoms. The first-order chi connectivity index (χ1) is 17.2. The monoisotopic (exact) mass is 472 g/mol. The largest absolute Gasteiger partial charge is 0.481 e. The van der Waals surface area contributed by atoms with E-state index in [1.807, 2.05) is 12.3 Å². The number of H-pyrrole nitrogens is 1. The van der Waals surface area contributed by atoms with Crippen LogP contribution in [0.5, 0.6) is 5.88 Å². The highest BCUT2D eigenvalue weighted by Crippen LogP contribution is 2.37. The highest BCUT2D eigenvalue weighted by atomic mass is 16.5. The fourth-order valence-electron chi connectivity index (χ4n) is 6.54. The Balaban J connectivity index is 1.13. The maximum atomic E-state index is 5.37. The molecular weight excluding hydrogens is 432 g/mol. The first-order valence-corrected chi connectivity index (χ1v) is 13.8. The lowest BCUT2D eigenvalue weighted by Crippen LogP contribution is -2.47. The number of hydrogen-bond acceptors (Lipinski definition) is 4. The summed E-state index contributed by atoms with van der Waals surface area (Å²) in [6.07, 6.45) is 11.1. The minimum absolute atomic E-state index is 0.657. The van der Waals surface area contributed by atoms with Crippen molar-refractivity contribution in [3.8, 4) is 17.1 Å². The van der Waals surface area contributed by atoms with Gasteiger partial charge in [-0.3, -0.25) is 0 Å². The Kier molecular flexibility index (Phi) is 6.55. The molecule has 3 aromatic rings. The summed E-state index contributed by atoms with van der Waals surface area (Å²) in [6, 6.07) is 12.0. The number of likely N-dealkylation sites (tertiary alicyclic amines) is 2. The average molecular weight is 473 g/mol. The first-order valence-electron chi connectivity index (χ1n) is 13.8. The second kappa shape index (κ2) is 9.94. The van der Waals surface area contributed by atoms with E-state index in [0.717, 1.165) is 23.9 Å². The Labute approximate surface area is 209 Å². The standard InChI is InChI=1S/C30H40N4O/c1-3-26-27-18-23(6-7-28(27)32-30(26)24-8-13-31-29(19-24)35-2)22-9-16-34(17-10-22)25-11-14-33(15-12-25)20-21-4-5-21/h6-8,13,18-19,21-22,25,32H,3-5,9-12,14-17,20H2,1-2H3. The smallest absolute Gasteiger partial charge is 0.213 e. The van der Waals surface area contributed by atoms with Gasteiger partial charge in [0, 0.05) is 47.0 Å². The van der Waals surface area contributed by atoms with Gasteiger partial charge in [0.1, 0.15) is 0 Å². The molecule has 2 aliphatic heterocycles. The van der Waals surface area contributed by atoms with E-state index in [1.165, 1.54) is 99.0 Å². The first kappa shape index (κ1) is 23.1. The van der Waals surface area contributed by atoms with Crippen molar-refractivity contribution in [3.63, 3.8) is 0 Å². The van der Waals surface area contributed by atoms with E-state index in [-0.39, 0.29) is 0 Å². The summed E-state index contributed by atoms with van der Waals surface area (Å²) in [5.74, 6) is 2.36. The van der Waals surface area contributed by atoms with E-state index in [1.54, 1.807) is 7.11 Å². The van der Waals surface area contributed by atoms with Gasteiger partial charge in [0.25, 0.3) is 0 Å². The SMILES string of the molecule is CCc1c(-c2ccnc(OC)c2)[nH]c2ccc(C3CCN(C4CCN(CC5CC5)CC4)CC3)cc12. The molecule has 2 saturated heterocycles. The molecule has 3 aliphatic rings. The molecule has 1 saturated carbocycles. The maximum Gasteiger partial charge on any atom is 0.213 e. The van der Waals surface area contributed by atoms with E-state index in [2.05, 4.69) is 51.0 Å². The minimum atomic E-state index is 0.657. The minimum Gasteiger partial charge on any atom is -0.481 e. The summed E-state index contributed by atoms with van der Waals surface area (Å²) in [5, 5.41) is 1.38. The molecule has 0 radical (unpaired) electrons. The molecule has 0 spiro atoms. The van der Waals surface area contributed by atoms with Crippen LogP contribution in [-0.2, 0) is 6.42 Å². The lowest BCUT2D eigenvalue weighted by Gasteiger charge is -2.42. The summed E-state index contributed by atoms with van der Waals surface area (Å²) in [4.78, 5) is 13.5. The average Bonchev–Trinajstić information content (AvgIpc) is 3.66. The van der Waals surface area contributed by atoms with Crippen LogP contribution in [0, 0.1) is 5.92 Å². The van der Waals surface area contributed by atoms with Gasteiger partial charge in [0.2, 0.25) is 5.88 Å². The van der Waals surface area contributed by atoms with Crippen LogP contribution in [-0.4, -0.2) is 65.6 Å². The maximum absolute atomic E-state index is 5.37. The van der Waals surface area contributed by atoms with Crippen molar-refractivity contribution >= 4 is 10.9 Å². The number of aryl methyl sites for hydroxylation is 1. The lowest BCUT2D eigenvalue weighted by atomic mass is 9.87. The molecule has 0 bridgehead atoms. The third-order valence-electron chi connectivity index (χ3n) is 8.80. The predicted octanol–water partition coefficient (Wildman–Crippen LogP) is 5.85. The molecule has 5 nitrogen and oxygen atoms in total. The van der Waals surface area contributed by atoms with E-state index < -0.39 is 0 Å². The van der Waals surface area contributed by atoms with Crippen LogP contribution in [0.3, 0.4) is 0 Å². The van der Waals surface area contributed by atoms with Gasteiger partial charge in [-0.25, -0.2) is 4.98 Å². The summed E-state index contributed by atoms with van der Waals surface area (Å²) >= 11 is 0. The van der Waals surface area contributed by atoms with Gasteiger partial charge < -0.3 is 19.5 Å². The van der Waals surface area contributed by atoms with Gasteiger partial charge in [-0.2, -0.15) is 0 Å². The third kappa shape index (κ3) is 4.85. The van der Waals surface area contributed by atoms with Crippen molar-refractivity contribution < 1.29 is 4.74 Å². The number of piperidine rings is 2. The van der Waals surface area contributed by atoms with Gasteiger partial charge in [0.05, 0.1) is 7.11 Å². The molecule has 0 amide bonds. The Morgan fingerprint density at radius 3 is 2.49 bits per heavy atom. The predicted molar refractivity (Wildman–Crippen MR) is 143 cm³/mol. The quantitative estimate of drug-likeness (QED) is 0.468. The van der Waals surface area contributed by atoms with Crippen LogP contribution in [0.15, 0.2) is 36.5 Å². The van der Waals surface area contributed by atoms with Crippen LogP contribution in [0.1, 0.15) is 62.5 Å². The van der Waals surface area contributed by atoms with E-state index >= 15 is 0 Å².